The Labute approximate surface area is 132 Å². The Hall–Kier alpha value is -0.300. The summed E-state index contributed by atoms with van der Waals surface area (Å²) in [6.07, 6.45) is 3.88. The number of aromatic nitrogens is 1. The lowest BCUT2D eigenvalue weighted by Gasteiger charge is -2.18. The molecular formula is C13H13Br2FN2S. The van der Waals surface area contributed by atoms with Crippen LogP contribution in [0.25, 0.3) is 0 Å². The van der Waals surface area contributed by atoms with Crippen molar-refractivity contribution in [3.8, 4) is 0 Å². The highest BCUT2D eigenvalue weighted by molar-refractivity contribution is 9.13. The summed E-state index contributed by atoms with van der Waals surface area (Å²) in [4.78, 5) is 4.87. The lowest BCUT2D eigenvalue weighted by molar-refractivity contribution is 0.547. The summed E-state index contributed by atoms with van der Waals surface area (Å²) in [5, 5.41) is 3.38. The van der Waals surface area contributed by atoms with Crippen molar-refractivity contribution in [3.63, 3.8) is 0 Å². The van der Waals surface area contributed by atoms with Gasteiger partial charge in [-0.25, -0.2) is 4.39 Å². The fourth-order valence-electron chi connectivity index (χ4n) is 1.78. The fraction of sp³-hybridized carbons (Fsp3) is 0.308. The first-order chi connectivity index (χ1) is 9.13. The molecule has 0 radical (unpaired) electrons. The second kappa shape index (κ2) is 6.92. The second-order valence-corrected chi connectivity index (χ2v) is 7.31. The molecule has 19 heavy (non-hydrogen) atoms. The Morgan fingerprint density at radius 3 is 2.84 bits per heavy atom. The van der Waals surface area contributed by atoms with Crippen LogP contribution >= 0.6 is 43.2 Å². The predicted octanol–water partition coefficient (Wildman–Crippen LogP) is 4.90. The molecule has 0 aliphatic rings. The highest BCUT2D eigenvalue weighted by Crippen LogP contribution is 2.38. The van der Waals surface area contributed by atoms with E-state index in [1.54, 1.807) is 23.6 Å². The smallest absolute Gasteiger partial charge is 0.146 e. The molecule has 0 amide bonds. The maximum Gasteiger partial charge on any atom is 0.146 e. The van der Waals surface area contributed by atoms with Gasteiger partial charge in [-0.1, -0.05) is 6.92 Å². The number of nitrogens with one attached hydrogen (secondary N) is 1. The molecule has 1 N–H and O–H groups in total. The SMILES string of the molecule is CCCNC(c1cc(Br)c(Br)s1)c1ccncc1F. The van der Waals surface area contributed by atoms with Crippen LogP contribution in [0.4, 0.5) is 4.39 Å². The number of hydrogen-bond donors (Lipinski definition) is 1. The summed E-state index contributed by atoms with van der Waals surface area (Å²) >= 11 is 8.55. The lowest BCUT2D eigenvalue weighted by atomic mass is 10.1. The van der Waals surface area contributed by atoms with Gasteiger partial charge in [0.2, 0.25) is 0 Å². The molecule has 102 valence electrons. The van der Waals surface area contributed by atoms with E-state index in [0.717, 1.165) is 26.1 Å². The van der Waals surface area contributed by atoms with Crippen molar-refractivity contribution >= 4 is 43.2 Å². The molecule has 2 rings (SSSR count). The van der Waals surface area contributed by atoms with Crippen molar-refractivity contribution in [2.24, 2.45) is 0 Å². The van der Waals surface area contributed by atoms with Crippen LogP contribution in [0.15, 0.2) is 32.8 Å². The van der Waals surface area contributed by atoms with E-state index < -0.39 is 0 Å². The number of rotatable bonds is 5. The second-order valence-electron chi connectivity index (χ2n) is 4.05. The monoisotopic (exact) mass is 406 g/mol. The largest absolute Gasteiger partial charge is 0.306 e. The van der Waals surface area contributed by atoms with Gasteiger partial charge in [0.1, 0.15) is 5.82 Å². The molecular weight excluding hydrogens is 395 g/mol. The van der Waals surface area contributed by atoms with Crippen LogP contribution in [0.3, 0.4) is 0 Å². The van der Waals surface area contributed by atoms with Crippen molar-refractivity contribution < 1.29 is 4.39 Å². The first kappa shape index (κ1) is 15.1. The zero-order chi connectivity index (χ0) is 13.8. The number of nitrogens with zero attached hydrogens (tertiary/aromatic N) is 1. The highest BCUT2D eigenvalue weighted by atomic mass is 79.9. The molecule has 0 bridgehead atoms. The van der Waals surface area contributed by atoms with E-state index in [0.29, 0.717) is 5.56 Å². The highest BCUT2D eigenvalue weighted by Gasteiger charge is 2.20. The van der Waals surface area contributed by atoms with Gasteiger partial charge >= 0.3 is 0 Å². The summed E-state index contributed by atoms with van der Waals surface area (Å²) < 4.78 is 15.9. The van der Waals surface area contributed by atoms with Gasteiger partial charge in [0.15, 0.2) is 0 Å². The number of halogens is 3. The molecule has 6 heteroatoms. The van der Waals surface area contributed by atoms with Gasteiger partial charge < -0.3 is 5.32 Å². The average Bonchev–Trinajstić information content (AvgIpc) is 2.72. The third-order valence-corrected chi connectivity index (χ3v) is 5.98. The lowest BCUT2D eigenvalue weighted by Crippen LogP contribution is -2.23. The molecule has 0 aromatic carbocycles. The first-order valence-corrected chi connectivity index (χ1v) is 8.31. The van der Waals surface area contributed by atoms with Crippen molar-refractivity contribution in [1.29, 1.82) is 0 Å². The summed E-state index contributed by atoms with van der Waals surface area (Å²) in [7, 11) is 0. The Morgan fingerprint density at radius 1 is 1.47 bits per heavy atom. The van der Waals surface area contributed by atoms with E-state index in [2.05, 4.69) is 49.1 Å². The van der Waals surface area contributed by atoms with E-state index in [4.69, 9.17) is 0 Å². The van der Waals surface area contributed by atoms with E-state index in [-0.39, 0.29) is 11.9 Å². The van der Waals surface area contributed by atoms with Crippen LogP contribution in [-0.4, -0.2) is 11.5 Å². The minimum Gasteiger partial charge on any atom is -0.306 e. The topological polar surface area (TPSA) is 24.9 Å². The van der Waals surface area contributed by atoms with E-state index in [9.17, 15) is 4.39 Å². The fourth-order valence-corrected chi connectivity index (χ4v) is 3.96. The van der Waals surface area contributed by atoms with Gasteiger partial charge in [-0.15, -0.1) is 11.3 Å². The van der Waals surface area contributed by atoms with Crippen LogP contribution in [0, 0.1) is 5.82 Å². The third-order valence-electron chi connectivity index (χ3n) is 2.66. The summed E-state index contributed by atoms with van der Waals surface area (Å²) in [5.74, 6) is -0.281. The Kier molecular flexibility index (Phi) is 5.50. The Morgan fingerprint density at radius 2 is 2.26 bits per heavy atom. The predicted molar refractivity (Wildman–Crippen MR) is 84.1 cm³/mol. The molecule has 1 unspecified atom stereocenters. The van der Waals surface area contributed by atoms with Crippen LogP contribution in [0.5, 0.6) is 0 Å². The maximum absolute atomic E-state index is 13.9. The van der Waals surface area contributed by atoms with Crippen molar-refractivity contribution in [2.45, 2.75) is 19.4 Å². The molecule has 0 fully saturated rings. The normalized spacial score (nSPS) is 12.6. The first-order valence-electron chi connectivity index (χ1n) is 5.91. The summed E-state index contributed by atoms with van der Waals surface area (Å²) in [6, 6.07) is 3.60. The summed E-state index contributed by atoms with van der Waals surface area (Å²) in [5.41, 5.74) is 0.629. The van der Waals surface area contributed by atoms with Crippen LogP contribution in [-0.2, 0) is 0 Å². The van der Waals surface area contributed by atoms with Gasteiger partial charge in [0.05, 0.1) is 16.0 Å². The van der Waals surface area contributed by atoms with Crippen molar-refractivity contribution in [3.05, 3.63) is 49.0 Å². The molecule has 0 spiro atoms. The molecule has 0 aliphatic heterocycles. The molecule has 2 aromatic rings. The standard InChI is InChI=1S/C13H13Br2FN2S/c1-2-4-18-12(8-3-5-17-7-10(8)16)11-6-9(14)13(15)19-11/h3,5-7,12,18H,2,4H2,1H3. The van der Waals surface area contributed by atoms with Gasteiger partial charge in [-0.3, -0.25) is 4.98 Å². The molecule has 0 aliphatic carbocycles. The summed E-state index contributed by atoms with van der Waals surface area (Å²) in [6.45, 7) is 2.92. The third kappa shape index (κ3) is 3.62. The average molecular weight is 408 g/mol. The van der Waals surface area contributed by atoms with Gasteiger partial charge in [-0.2, -0.15) is 0 Å². The molecule has 0 saturated carbocycles. The van der Waals surface area contributed by atoms with Crippen molar-refractivity contribution in [1.82, 2.24) is 10.3 Å². The zero-order valence-corrected chi connectivity index (χ0v) is 14.3. The maximum atomic E-state index is 13.9. The molecule has 2 aromatic heterocycles. The van der Waals surface area contributed by atoms with Crippen LogP contribution in [0.2, 0.25) is 0 Å². The number of thiophene rings is 1. The van der Waals surface area contributed by atoms with Crippen molar-refractivity contribution in [2.75, 3.05) is 6.54 Å². The van der Waals surface area contributed by atoms with E-state index >= 15 is 0 Å². The molecule has 2 nitrogen and oxygen atoms in total. The molecule has 0 saturated heterocycles. The Bertz CT molecular complexity index is 540. The van der Waals surface area contributed by atoms with Gasteiger partial charge in [0.25, 0.3) is 0 Å². The van der Waals surface area contributed by atoms with Gasteiger partial charge in [0, 0.05) is 21.1 Å². The molecule has 1 atom stereocenters. The molecule has 2 heterocycles. The van der Waals surface area contributed by atoms with Crippen LogP contribution in [0.1, 0.15) is 29.8 Å². The van der Waals surface area contributed by atoms with E-state index in [1.807, 2.05) is 6.07 Å². The minimum absolute atomic E-state index is 0.143. The number of hydrogen-bond acceptors (Lipinski definition) is 3. The van der Waals surface area contributed by atoms with E-state index in [1.165, 1.54) is 6.20 Å². The zero-order valence-electron chi connectivity index (χ0n) is 10.3. The Balaban J connectivity index is 2.38. The van der Waals surface area contributed by atoms with Gasteiger partial charge in [-0.05, 0) is 57.0 Å². The number of pyridine rings is 1. The van der Waals surface area contributed by atoms with Crippen LogP contribution < -0.4 is 5.32 Å². The quantitative estimate of drug-likeness (QED) is 0.762. The minimum atomic E-state index is -0.281.